The van der Waals surface area contributed by atoms with Crippen LogP contribution in [0.3, 0.4) is 0 Å². The fourth-order valence-electron chi connectivity index (χ4n) is 2.90. The topological polar surface area (TPSA) is 68.7 Å². The molecule has 2 aliphatic heterocycles. The Morgan fingerprint density at radius 1 is 1.13 bits per heavy atom. The Morgan fingerprint density at radius 3 is 2.74 bits per heavy atom. The lowest BCUT2D eigenvalue weighted by Crippen LogP contribution is -2.39. The van der Waals surface area contributed by atoms with Crippen molar-refractivity contribution < 1.29 is 14.2 Å². The predicted octanol–water partition coefficient (Wildman–Crippen LogP) is 1.41. The second kappa shape index (κ2) is 6.17. The molecule has 7 heteroatoms. The van der Waals surface area contributed by atoms with E-state index >= 15 is 0 Å². The molecule has 3 heterocycles. The summed E-state index contributed by atoms with van der Waals surface area (Å²) in [6.07, 6.45) is 0. The predicted molar refractivity (Wildman–Crippen MR) is 86.1 cm³/mol. The van der Waals surface area contributed by atoms with Crippen LogP contribution in [0.5, 0.6) is 11.5 Å². The van der Waals surface area contributed by atoms with Crippen LogP contribution in [0.15, 0.2) is 12.1 Å². The maximum atomic E-state index is 5.43. The van der Waals surface area contributed by atoms with Gasteiger partial charge in [0.1, 0.15) is 0 Å². The zero-order valence-electron chi connectivity index (χ0n) is 13.2. The molecular weight excluding hydrogens is 296 g/mol. The molecule has 0 saturated carbocycles. The highest BCUT2D eigenvalue weighted by Crippen LogP contribution is 2.36. The summed E-state index contributed by atoms with van der Waals surface area (Å²) in [5.41, 5.74) is 1.80. The van der Waals surface area contributed by atoms with Gasteiger partial charge in [0.2, 0.25) is 12.7 Å². The SMILES string of the molecule is Cc1nc(NCCN2CCOCC2)nc2cc3c(cc12)OCO3. The Morgan fingerprint density at radius 2 is 1.91 bits per heavy atom. The Kier molecular flexibility index (Phi) is 3.88. The lowest BCUT2D eigenvalue weighted by molar-refractivity contribution is 0.0398. The summed E-state index contributed by atoms with van der Waals surface area (Å²) in [4.78, 5) is 11.5. The number of rotatable bonds is 4. The van der Waals surface area contributed by atoms with Gasteiger partial charge < -0.3 is 19.5 Å². The molecular formula is C16H20N4O3. The molecule has 0 aliphatic carbocycles. The zero-order chi connectivity index (χ0) is 15.6. The van der Waals surface area contributed by atoms with Gasteiger partial charge >= 0.3 is 0 Å². The van der Waals surface area contributed by atoms with Crippen molar-refractivity contribution in [2.75, 3.05) is 51.5 Å². The molecule has 2 aliphatic rings. The molecule has 0 atom stereocenters. The minimum Gasteiger partial charge on any atom is -0.454 e. The monoisotopic (exact) mass is 316 g/mol. The van der Waals surface area contributed by atoms with Gasteiger partial charge in [-0.05, 0) is 13.0 Å². The Bertz CT molecular complexity index is 716. The Hall–Kier alpha value is -2.12. The normalized spacial score (nSPS) is 17.6. The van der Waals surface area contributed by atoms with Gasteiger partial charge in [-0.3, -0.25) is 4.90 Å². The Balaban J connectivity index is 1.48. The van der Waals surface area contributed by atoms with Crippen LogP contribution in [0.2, 0.25) is 0 Å². The van der Waals surface area contributed by atoms with Crippen LogP contribution < -0.4 is 14.8 Å². The summed E-state index contributed by atoms with van der Waals surface area (Å²) < 4.78 is 16.2. The molecule has 122 valence electrons. The van der Waals surface area contributed by atoms with Gasteiger partial charge in [0.15, 0.2) is 11.5 Å². The van der Waals surface area contributed by atoms with Crippen molar-refractivity contribution >= 4 is 16.9 Å². The van der Waals surface area contributed by atoms with E-state index in [1.165, 1.54) is 0 Å². The first kappa shape index (κ1) is 14.5. The molecule has 1 aromatic carbocycles. The number of ether oxygens (including phenoxy) is 3. The molecule has 0 amide bonds. The minimum atomic E-state index is 0.267. The van der Waals surface area contributed by atoms with E-state index < -0.39 is 0 Å². The second-order valence-corrected chi connectivity index (χ2v) is 5.74. The summed E-state index contributed by atoms with van der Waals surface area (Å²) in [6, 6.07) is 3.87. The summed E-state index contributed by atoms with van der Waals surface area (Å²) in [7, 11) is 0. The van der Waals surface area contributed by atoms with E-state index in [9.17, 15) is 0 Å². The molecule has 1 saturated heterocycles. The van der Waals surface area contributed by atoms with Crippen LogP contribution in [0, 0.1) is 6.92 Å². The standard InChI is InChI=1S/C16H20N4O3/c1-11-12-8-14-15(23-10-22-14)9-13(12)19-16(18-11)17-2-3-20-4-6-21-7-5-20/h8-9H,2-7,10H2,1H3,(H,17,18,19). The molecule has 4 rings (SSSR count). The third-order valence-electron chi connectivity index (χ3n) is 4.20. The first-order valence-electron chi connectivity index (χ1n) is 7.91. The lowest BCUT2D eigenvalue weighted by Gasteiger charge is -2.26. The first-order valence-corrected chi connectivity index (χ1v) is 7.91. The third-order valence-corrected chi connectivity index (χ3v) is 4.20. The van der Waals surface area contributed by atoms with Crippen molar-refractivity contribution in [3.05, 3.63) is 17.8 Å². The number of fused-ring (bicyclic) bond motifs is 2. The fourth-order valence-corrected chi connectivity index (χ4v) is 2.90. The highest BCUT2D eigenvalue weighted by molar-refractivity contribution is 5.85. The van der Waals surface area contributed by atoms with Crippen LogP contribution >= 0.6 is 0 Å². The van der Waals surface area contributed by atoms with E-state index in [0.29, 0.717) is 5.95 Å². The van der Waals surface area contributed by atoms with Gasteiger partial charge in [0.25, 0.3) is 0 Å². The van der Waals surface area contributed by atoms with E-state index in [-0.39, 0.29) is 6.79 Å². The maximum absolute atomic E-state index is 5.43. The Labute approximate surface area is 134 Å². The first-order chi connectivity index (χ1) is 11.3. The molecule has 23 heavy (non-hydrogen) atoms. The highest BCUT2D eigenvalue weighted by Gasteiger charge is 2.17. The zero-order valence-corrected chi connectivity index (χ0v) is 13.2. The molecule has 1 aromatic heterocycles. The minimum absolute atomic E-state index is 0.267. The number of nitrogens with zero attached hydrogens (tertiary/aromatic N) is 3. The summed E-state index contributed by atoms with van der Waals surface area (Å²) >= 11 is 0. The quantitative estimate of drug-likeness (QED) is 0.914. The van der Waals surface area contributed by atoms with Crippen LogP contribution in [0.4, 0.5) is 5.95 Å². The molecule has 0 unspecified atom stereocenters. The van der Waals surface area contributed by atoms with Crippen LogP contribution in [-0.4, -0.2) is 61.1 Å². The van der Waals surface area contributed by atoms with Crippen molar-refractivity contribution in [1.29, 1.82) is 0 Å². The van der Waals surface area contributed by atoms with Gasteiger partial charge in [-0.1, -0.05) is 0 Å². The molecule has 0 radical (unpaired) electrons. The number of aryl methyl sites for hydroxylation is 1. The van der Waals surface area contributed by atoms with E-state index in [2.05, 4.69) is 20.2 Å². The number of aromatic nitrogens is 2. The third kappa shape index (κ3) is 3.02. The summed E-state index contributed by atoms with van der Waals surface area (Å²) in [5.74, 6) is 2.16. The summed E-state index contributed by atoms with van der Waals surface area (Å²) in [6.45, 7) is 7.64. The van der Waals surface area contributed by atoms with Crippen molar-refractivity contribution in [2.24, 2.45) is 0 Å². The van der Waals surface area contributed by atoms with E-state index in [1.807, 2.05) is 19.1 Å². The van der Waals surface area contributed by atoms with Gasteiger partial charge in [-0.15, -0.1) is 0 Å². The smallest absolute Gasteiger partial charge is 0.231 e. The average molecular weight is 316 g/mol. The molecule has 0 bridgehead atoms. The van der Waals surface area contributed by atoms with Crippen molar-refractivity contribution in [1.82, 2.24) is 14.9 Å². The van der Waals surface area contributed by atoms with Gasteiger partial charge in [-0.25, -0.2) is 9.97 Å². The van der Waals surface area contributed by atoms with Gasteiger partial charge in [0, 0.05) is 37.6 Å². The van der Waals surface area contributed by atoms with Crippen LogP contribution in [0.1, 0.15) is 5.69 Å². The summed E-state index contributed by atoms with van der Waals surface area (Å²) in [5, 5.41) is 4.31. The van der Waals surface area contributed by atoms with Crippen LogP contribution in [0.25, 0.3) is 10.9 Å². The number of hydrogen-bond acceptors (Lipinski definition) is 7. The number of nitrogens with one attached hydrogen (secondary N) is 1. The highest BCUT2D eigenvalue weighted by atomic mass is 16.7. The number of hydrogen-bond donors (Lipinski definition) is 1. The fraction of sp³-hybridized carbons (Fsp3) is 0.500. The number of anilines is 1. The van der Waals surface area contributed by atoms with Crippen LogP contribution in [-0.2, 0) is 4.74 Å². The lowest BCUT2D eigenvalue weighted by atomic mass is 10.2. The van der Waals surface area contributed by atoms with Crippen molar-refractivity contribution in [2.45, 2.75) is 6.92 Å². The molecule has 0 spiro atoms. The largest absolute Gasteiger partial charge is 0.454 e. The van der Waals surface area contributed by atoms with Crippen molar-refractivity contribution in [3.8, 4) is 11.5 Å². The number of benzene rings is 1. The van der Waals surface area contributed by atoms with Gasteiger partial charge in [-0.2, -0.15) is 0 Å². The maximum Gasteiger partial charge on any atom is 0.231 e. The average Bonchev–Trinajstić information content (AvgIpc) is 3.02. The van der Waals surface area contributed by atoms with E-state index in [1.54, 1.807) is 0 Å². The number of morpholine rings is 1. The van der Waals surface area contributed by atoms with Gasteiger partial charge in [0.05, 0.1) is 24.4 Å². The van der Waals surface area contributed by atoms with Crippen molar-refractivity contribution in [3.63, 3.8) is 0 Å². The van der Waals surface area contributed by atoms with E-state index in [4.69, 9.17) is 14.2 Å². The van der Waals surface area contributed by atoms with E-state index in [0.717, 1.165) is 67.5 Å². The molecule has 2 aromatic rings. The second-order valence-electron chi connectivity index (χ2n) is 5.74. The molecule has 1 N–H and O–H groups in total. The molecule has 1 fully saturated rings. The molecule has 7 nitrogen and oxygen atoms in total.